The second-order valence-electron chi connectivity index (χ2n) is 7.73. The summed E-state index contributed by atoms with van der Waals surface area (Å²) in [5.74, 6) is 1.04. The fraction of sp³-hybridized carbons (Fsp3) is 0.524. The lowest BCUT2D eigenvalue weighted by Gasteiger charge is -2.36. The van der Waals surface area contributed by atoms with E-state index in [-0.39, 0.29) is 5.91 Å². The number of aromatic nitrogens is 1. The first-order valence-electron chi connectivity index (χ1n) is 9.47. The number of hydrogen-bond acceptors (Lipinski definition) is 3. The molecule has 0 spiro atoms. The maximum absolute atomic E-state index is 13.2. The lowest BCUT2D eigenvalue weighted by Crippen LogP contribution is -2.43. The Labute approximate surface area is 154 Å². The molecule has 1 amide bonds. The van der Waals surface area contributed by atoms with E-state index < -0.39 is 0 Å². The van der Waals surface area contributed by atoms with Crippen LogP contribution in [0.3, 0.4) is 0 Å². The van der Waals surface area contributed by atoms with Gasteiger partial charge < -0.3 is 4.90 Å². The maximum atomic E-state index is 13.2. The number of nitrogens with zero attached hydrogens (tertiary/aromatic N) is 2. The minimum atomic E-state index is 0.226. The summed E-state index contributed by atoms with van der Waals surface area (Å²) in [7, 11) is 0. The summed E-state index contributed by atoms with van der Waals surface area (Å²) in [6, 6.07) is 8.97. The second-order valence-corrected chi connectivity index (χ2v) is 8.59. The number of rotatable bonds is 4. The summed E-state index contributed by atoms with van der Waals surface area (Å²) >= 11 is 1.65. The fourth-order valence-corrected chi connectivity index (χ4v) is 4.70. The third-order valence-electron chi connectivity index (χ3n) is 5.55. The lowest BCUT2D eigenvalue weighted by molar-refractivity contribution is 0.0593. The molecule has 1 aromatic carbocycles. The molecule has 132 valence electrons. The molecule has 2 aliphatic rings. The molecule has 1 heterocycles. The Morgan fingerprint density at radius 3 is 2.16 bits per heavy atom. The van der Waals surface area contributed by atoms with Gasteiger partial charge in [-0.25, -0.2) is 4.98 Å². The highest BCUT2D eigenvalue weighted by Crippen LogP contribution is 2.36. The van der Waals surface area contributed by atoms with Crippen molar-refractivity contribution in [3.8, 4) is 10.6 Å². The standard InChI is InChI=1S/C21H26N2OS/c1-14-3-9-18(10-4-14)23(19-11-12-19)21(24)17-7-5-16(6-8-17)20-22-15(2)13-25-20/h5-8,13-14,18-19H,3-4,9-12H2,1-2H3. The molecule has 0 atom stereocenters. The van der Waals surface area contributed by atoms with E-state index >= 15 is 0 Å². The van der Waals surface area contributed by atoms with Crippen molar-refractivity contribution in [3.05, 3.63) is 40.9 Å². The van der Waals surface area contributed by atoms with Gasteiger partial charge in [-0.1, -0.05) is 19.1 Å². The zero-order valence-corrected chi connectivity index (χ0v) is 15.9. The smallest absolute Gasteiger partial charge is 0.254 e. The molecule has 25 heavy (non-hydrogen) atoms. The molecule has 0 unspecified atom stereocenters. The number of carbonyl (C=O) groups is 1. The number of hydrogen-bond donors (Lipinski definition) is 0. The van der Waals surface area contributed by atoms with Crippen molar-refractivity contribution < 1.29 is 4.79 Å². The van der Waals surface area contributed by atoms with Gasteiger partial charge in [0.05, 0.1) is 0 Å². The van der Waals surface area contributed by atoms with E-state index in [1.165, 1.54) is 38.5 Å². The van der Waals surface area contributed by atoms with E-state index in [4.69, 9.17) is 0 Å². The van der Waals surface area contributed by atoms with E-state index in [1.807, 2.05) is 31.2 Å². The number of carbonyl (C=O) groups excluding carboxylic acids is 1. The van der Waals surface area contributed by atoms with Gasteiger partial charge in [0.2, 0.25) is 0 Å². The van der Waals surface area contributed by atoms with Crippen LogP contribution in [0.1, 0.15) is 61.5 Å². The number of amides is 1. The van der Waals surface area contributed by atoms with Crippen LogP contribution in [0.2, 0.25) is 0 Å². The first-order chi connectivity index (χ1) is 12.1. The minimum absolute atomic E-state index is 0.226. The van der Waals surface area contributed by atoms with Crippen LogP contribution in [0.25, 0.3) is 10.6 Å². The molecule has 2 aromatic rings. The Morgan fingerprint density at radius 2 is 1.64 bits per heavy atom. The largest absolute Gasteiger partial charge is 0.333 e. The SMILES string of the molecule is Cc1csc(-c2ccc(C(=O)N(C3CCC(C)CC3)C3CC3)cc2)n1. The van der Waals surface area contributed by atoms with Crippen molar-refractivity contribution in [1.29, 1.82) is 0 Å². The molecule has 0 N–H and O–H groups in total. The van der Waals surface area contributed by atoms with Gasteiger partial charge in [0.1, 0.15) is 5.01 Å². The highest BCUT2D eigenvalue weighted by molar-refractivity contribution is 7.13. The summed E-state index contributed by atoms with van der Waals surface area (Å²) in [4.78, 5) is 19.9. The van der Waals surface area contributed by atoms with Gasteiger partial charge in [0.15, 0.2) is 0 Å². The van der Waals surface area contributed by atoms with Gasteiger partial charge in [-0.2, -0.15) is 0 Å². The zero-order chi connectivity index (χ0) is 17.4. The predicted molar refractivity (Wildman–Crippen MR) is 103 cm³/mol. The third kappa shape index (κ3) is 3.64. The van der Waals surface area contributed by atoms with Crippen LogP contribution < -0.4 is 0 Å². The van der Waals surface area contributed by atoms with E-state index in [2.05, 4.69) is 22.2 Å². The van der Waals surface area contributed by atoms with Gasteiger partial charge in [-0.15, -0.1) is 11.3 Å². The quantitative estimate of drug-likeness (QED) is 0.746. The molecule has 2 fully saturated rings. The van der Waals surface area contributed by atoms with Crippen molar-refractivity contribution in [2.45, 2.75) is 64.5 Å². The Hall–Kier alpha value is -1.68. The molecule has 0 saturated heterocycles. The van der Waals surface area contributed by atoms with E-state index in [9.17, 15) is 4.79 Å². The van der Waals surface area contributed by atoms with Crippen LogP contribution in [0.15, 0.2) is 29.6 Å². The van der Waals surface area contributed by atoms with E-state index in [0.29, 0.717) is 12.1 Å². The number of thiazole rings is 1. The molecule has 4 rings (SSSR count). The molecule has 0 bridgehead atoms. The Bertz CT molecular complexity index is 740. The molecule has 0 radical (unpaired) electrons. The Morgan fingerprint density at radius 1 is 1.04 bits per heavy atom. The molecule has 2 saturated carbocycles. The molecule has 0 aliphatic heterocycles. The van der Waals surface area contributed by atoms with E-state index in [1.54, 1.807) is 11.3 Å². The number of aryl methyl sites for hydroxylation is 1. The van der Waals surface area contributed by atoms with Crippen molar-refractivity contribution in [2.24, 2.45) is 5.92 Å². The predicted octanol–water partition coefficient (Wildman–Crippen LogP) is 5.30. The average Bonchev–Trinajstić information content (AvgIpc) is 3.36. The highest BCUT2D eigenvalue weighted by atomic mass is 32.1. The highest BCUT2D eigenvalue weighted by Gasteiger charge is 2.38. The molecular weight excluding hydrogens is 328 g/mol. The van der Waals surface area contributed by atoms with Crippen molar-refractivity contribution in [1.82, 2.24) is 9.88 Å². The van der Waals surface area contributed by atoms with Gasteiger partial charge in [0, 0.05) is 34.3 Å². The van der Waals surface area contributed by atoms with Gasteiger partial charge in [-0.05, 0) is 63.5 Å². The van der Waals surface area contributed by atoms with E-state index in [0.717, 1.165) is 27.7 Å². The maximum Gasteiger partial charge on any atom is 0.254 e. The monoisotopic (exact) mass is 354 g/mol. The minimum Gasteiger partial charge on any atom is -0.333 e. The van der Waals surface area contributed by atoms with Crippen LogP contribution in [0.5, 0.6) is 0 Å². The summed E-state index contributed by atoms with van der Waals surface area (Å²) in [5.41, 5.74) is 2.97. The van der Waals surface area contributed by atoms with Crippen molar-refractivity contribution >= 4 is 17.2 Å². The summed E-state index contributed by atoms with van der Waals surface area (Å²) in [6.07, 6.45) is 7.19. The Balaban J connectivity index is 1.52. The normalized spacial score (nSPS) is 23.4. The summed E-state index contributed by atoms with van der Waals surface area (Å²) in [6.45, 7) is 4.34. The first-order valence-corrected chi connectivity index (χ1v) is 10.3. The van der Waals surface area contributed by atoms with Crippen LogP contribution in [-0.2, 0) is 0 Å². The van der Waals surface area contributed by atoms with Crippen LogP contribution in [0, 0.1) is 12.8 Å². The van der Waals surface area contributed by atoms with Crippen molar-refractivity contribution in [3.63, 3.8) is 0 Å². The van der Waals surface area contributed by atoms with Crippen molar-refractivity contribution in [2.75, 3.05) is 0 Å². The molecule has 1 aromatic heterocycles. The topological polar surface area (TPSA) is 33.2 Å². The zero-order valence-electron chi connectivity index (χ0n) is 15.1. The molecular formula is C21H26N2OS. The van der Waals surface area contributed by atoms with Gasteiger partial charge >= 0.3 is 0 Å². The fourth-order valence-electron chi connectivity index (χ4n) is 3.89. The molecule has 2 aliphatic carbocycles. The first kappa shape index (κ1) is 16.8. The molecule has 3 nitrogen and oxygen atoms in total. The second kappa shape index (κ2) is 6.91. The van der Waals surface area contributed by atoms with Gasteiger partial charge in [0.25, 0.3) is 5.91 Å². The van der Waals surface area contributed by atoms with Gasteiger partial charge in [-0.3, -0.25) is 4.79 Å². The third-order valence-corrected chi connectivity index (χ3v) is 6.56. The van der Waals surface area contributed by atoms with Crippen LogP contribution in [-0.4, -0.2) is 27.9 Å². The summed E-state index contributed by atoms with van der Waals surface area (Å²) < 4.78 is 0. The lowest BCUT2D eigenvalue weighted by atomic mass is 9.86. The number of benzene rings is 1. The van der Waals surface area contributed by atoms with Crippen LogP contribution in [0.4, 0.5) is 0 Å². The Kier molecular flexibility index (Phi) is 4.63. The van der Waals surface area contributed by atoms with Crippen LogP contribution >= 0.6 is 11.3 Å². The average molecular weight is 355 g/mol. The molecule has 4 heteroatoms. The summed E-state index contributed by atoms with van der Waals surface area (Å²) in [5, 5.41) is 3.09.